The molecular formula is C10H5Cl2N3O3S. The highest BCUT2D eigenvalue weighted by molar-refractivity contribution is 7.86. The summed E-state index contributed by atoms with van der Waals surface area (Å²) in [5, 5.41) is 19.3. The Kier molecular flexibility index (Phi) is 4.76. The van der Waals surface area contributed by atoms with E-state index in [0.29, 0.717) is 0 Å². The topological polar surface area (TPSA) is 114 Å². The Labute approximate surface area is 119 Å². The number of hydrogen-bond acceptors (Lipinski definition) is 5. The number of nitrogens with zero attached hydrogens (tertiary/aromatic N) is 2. The molecule has 0 radical (unpaired) electrons. The van der Waals surface area contributed by atoms with Crippen molar-refractivity contribution < 1.29 is 13.0 Å². The van der Waals surface area contributed by atoms with Crippen LogP contribution in [-0.4, -0.2) is 13.0 Å². The largest absolute Gasteiger partial charge is 0.359 e. The highest BCUT2D eigenvalue weighted by Crippen LogP contribution is 2.31. The molecule has 0 saturated carbocycles. The summed E-state index contributed by atoms with van der Waals surface area (Å²) in [4.78, 5) is -0.533. The highest BCUT2D eigenvalue weighted by atomic mass is 35.5. The lowest BCUT2D eigenvalue weighted by molar-refractivity contribution is 0.483. The van der Waals surface area contributed by atoms with Crippen LogP contribution in [-0.2, 0) is 10.1 Å². The summed E-state index contributed by atoms with van der Waals surface area (Å²) in [5.74, 6) is 0. The van der Waals surface area contributed by atoms with Gasteiger partial charge in [-0.1, -0.05) is 23.2 Å². The maximum atomic E-state index is 11.0. The van der Waals surface area contributed by atoms with E-state index in [1.807, 2.05) is 0 Å². The zero-order valence-electron chi connectivity index (χ0n) is 9.05. The zero-order chi connectivity index (χ0) is 14.6. The van der Waals surface area contributed by atoms with Crippen LogP contribution >= 0.6 is 23.2 Å². The number of allylic oxidation sites excluding steroid dienone is 1. The zero-order valence-corrected chi connectivity index (χ0v) is 11.4. The van der Waals surface area contributed by atoms with E-state index < -0.39 is 15.0 Å². The first kappa shape index (κ1) is 15.3. The number of nitrogens with one attached hydrogen (secondary N) is 1. The van der Waals surface area contributed by atoms with Crippen LogP contribution in [0.4, 0.5) is 5.69 Å². The van der Waals surface area contributed by atoms with Crippen LogP contribution in [0.1, 0.15) is 0 Å². The van der Waals surface area contributed by atoms with Gasteiger partial charge in [-0.15, -0.1) is 0 Å². The fraction of sp³-hybridized carbons (Fsp3) is 0. The van der Waals surface area contributed by atoms with E-state index in [2.05, 4.69) is 5.32 Å². The summed E-state index contributed by atoms with van der Waals surface area (Å²) in [6.07, 6.45) is 1.09. The first-order valence-electron chi connectivity index (χ1n) is 4.53. The lowest BCUT2D eigenvalue weighted by Gasteiger charge is -2.07. The molecule has 2 N–H and O–H groups in total. The second kappa shape index (κ2) is 5.91. The number of rotatable bonds is 3. The molecule has 1 rings (SSSR count). The SMILES string of the molecule is N#CC(C#N)=CNc1cc(Cl)c(S(=O)(=O)O)cc1Cl. The Morgan fingerprint density at radius 1 is 1.26 bits per heavy atom. The van der Waals surface area contributed by atoms with Gasteiger partial charge in [0.05, 0.1) is 15.7 Å². The van der Waals surface area contributed by atoms with E-state index in [9.17, 15) is 8.42 Å². The molecule has 0 aromatic heterocycles. The van der Waals surface area contributed by atoms with Gasteiger partial charge < -0.3 is 5.32 Å². The average molecular weight is 318 g/mol. The standard InChI is InChI=1S/C10H5Cl2N3O3S/c11-7-2-10(19(16,17)18)8(12)1-9(7)15-5-6(3-13)4-14/h1-2,5,15H,(H,16,17,18). The van der Waals surface area contributed by atoms with Crippen molar-refractivity contribution in [2.75, 3.05) is 5.32 Å². The van der Waals surface area contributed by atoms with Crippen molar-refractivity contribution in [2.45, 2.75) is 4.90 Å². The normalized spacial score (nSPS) is 10.2. The van der Waals surface area contributed by atoms with E-state index >= 15 is 0 Å². The number of nitriles is 2. The van der Waals surface area contributed by atoms with Crippen molar-refractivity contribution in [3.8, 4) is 12.1 Å². The van der Waals surface area contributed by atoms with Gasteiger partial charge in [0.15, 0.2) is 0 Å². The lowest BCUT2D eigenvalue weighted by atomic mass is 10.3. The molecule has 9 heteroatoms. The Balaban J connectivity index is 3.23. The van der Waals surface area contributed by atoms with Crippen LogP contribution in [0, 0.1) is 22.7 Å². The average Bonchev–Trinajstić information content (AvgIpc) is 2.32. The smallest absolute Gasteiger partial charge is 0.296 e. The lowest BCUT2D eigenvalue weighted by Crippen LogP contribution is -2.00. The van der Waals surface area contributed by atoms with Gasteiger partial charge in [-0.2, -0.15) is 18.9 Å². The van der Waals surface area contributed by atoms with Gasteiger partial charge >= 0.3 is 0 Å². The van der Waals surface area contributed by atoms with E-state index in [4.69, 9.17) is 38.3 Å². The number of hydrogen-bond donors (Lipinski definition) is 2. The Hall–Kier alpha value is -1.77. The van der Waals surface area contributed by atoms with E-state index in [1.165, 1.54) is 0 Å². The van der Waals surface area contributed by atoms with Crippen molar-refractivity contribution >= 4 is 39.0 Å². The fourth-order valence-electron chi connectivity index (χ4n) is 1.08. The second-order valence-electron chi connectivity index (χ2n) is 3.16. The first-order valence-corrected chi connectivity index (χ1v) is 6.72. The van der Waals surface area contributed by atoms with Crippen LogP contribution in [0.15, 0.2) is 28.8 Å². The van der Waals surface area contributed by atoms with Gasteiger partial charge in [-0.25, -0.2) is 0 Å². The van der Waals surface area contributed by atoms with E-state index in [1.54, 1.807) is 12.1 Å². The Bertz CT molecular complexity index is 714. The van der Waals surface area contributed by atoms with E-state index in [-0.39, 0.29) is 21.3 Å². The van der Waals surface area contributed by atoms with Crippen molar-refractivity contribution in [1.29, 1.82) is 10.5 Å². The van der Waals surface area contributed by atoms with Crippen molar-refractivity contribution in [3.05, 3.63) is 34.0 Å². The molecule has 0 aliphatic heterocycles. The third kappa shape index (κ3) is 3.85. The molecule has 0 heterocycles. The molecule has 1 aromatic carbocycles. The van der Waals surface area contributed by atoms with Crippen molar-refractivity contribution in [1.82, 2.24) is 0 Å². The van der Waals surface area contributed by atoms with Gasteiger partial charge in [0, 0.05) is 6.20 Å². The number of anilines is 1. The minimum absolute atomic E-state index is 0.0523. The molecule has 0 spiro atoms. The van der Waals surface area contributed by atoms with Gasteiger partial charge in [0.25, 0.3) is 10.1 Å². The minimum Gasteiger partial charge on any atom is -0.359 e. The highest BCUT2D eigenvalue weighted by Gasteiger charge is 2.17. The quantitative estimate of drug-likeness (QED) is 0.654. The van der Waals surface area contributed by atoms with Crippen molar-refractivity contribution in [3.63, 3.8) is 0 Å². The molecule has 0 atom stereocenters. The maximum absolute atomic E-state index is 11.0. The summed E-state index contributed by atoms with van der Waals surface area (Å²) in [6.45, 7) is 0. The third-order valence-corrected chi connectivity index (χ3v) is 3.54. The molecule has 0 unspecified atom stereocenters. The summed E-state index contributed by atoms with van der Waals surface area (Å²) in [7, 11) is -4.48. The molecule has 0 aliphatic carbocycles. The van der Waals surface area contributed by atoms with Crippen LogP contribution in [0.5, 0.6) is 0 Å². The first-order chi connectivity index (χ1) is 8.79. The van der Waals surface area contributed by atoms with Crippen LogP contribution in [0.2, 0.25) is 10.0 Å². The molecule has 1 aromatic rings. The van der Waals surface area contributed by atoms with Crippen LogP contribution in [0.3, 0.4) is 0 Å². The maximum Gasteiger partial charge on any atom is 0.296 e. The monoisotopic (exact) mass is 317 g/mol. The molecular weight excluding hydrogens is 313 g/mol. The third-order valence-electron chi connectivity index (χ3n) is 1.91. The molecule has 0 amide bonds. The summed E-state index contributed by atoms with van der Waals surface area (Å²) >= 11 is 11.5. The number of benzene rings is 1. The molecule has 0 aliphatic rings. The summed E-state index contributed by atoms with van der Waals surface area (Å²) in [5.41, 5.74) is -0.0203. The molecule has 6 nitrogen and oxygen atoms in total. The molecule has 0 bridgehead atoms. The molecule has 98 valence electrons. The Morgan fingerprint density at radius 3 is 2.32 bits per heavy atom. The Morgan fingerprint density at radius 2 is 1.84 bits per heavy atom. The molecule has 0 saturated heterocycles. The predicted molar refractivity (Wildman–Crippen MR) is 69.2 cm³/mol. The van der Waals surface area contributed by atoms with Crippen LogP contribution < -0.4 is 5.32 Å². The molecule has 0 fully saturated rings. The van der Waals surface area contributed by atoms with Crippen molar-refractivity contribution in [2.24, 2.45) is 0 Å². The van der Waals surface area contributed by atoms with Gasteiger partial charge in [0.2, 0.25) is 0 Å². The van der Waals surface area contributed by atoms with Gasteiger partial charge in [-0.3, -0.25) is 4.55 Å². The van der Waals surface area contributed by atoms with Crippen LogP contribution in [0.25, 0.3) is 0 Å². The molecule has 19 heavy (non-hydrogen) atoms. The van der Waals surface area contributed by atoms with Gasteiger partial charge in [0.1, 0.15) is 22.6 Å². The number of halogens is 2. The summed E-state index contributed by atoms with van der Waals surface area (Å²) < 4.78 is 30.8. The summed E-state index contributed by atoms with van der Waals surface area (Å²) in [6, 6.07) is 5.34. The van der Waals surface area contributed by atoms with Gasteiger partial charge in [-0.05, 0) is 12.1 Å². The fourth-order valence-corrected chi connectivity index (χ4v) is 2.39. The second-order valence-corrected chi connectivity index (χ2v) is 5.37. The minimum atomic E-state index is -4.48. The predicted octanol–water partition coefficient (Wildman–Crippen LogP) is 2.58. The van der Waals surface area contributed by atoms with E-state index in [0.717, 1.165) is 18.3 Å².